The lowest BCUT2D eigenvalue weighted by Crippen LogP contribution is -2.50. The third-order valence-electron chi connectivity index (χ3n) is 3.55. The van der Waals surface area contributed by atoms with Crippen LogP contribution in [0.3, 0.4) is 0 Å². The minimum Gasteiger partial charge on any atom is -0.493 e. The number of amides is 1. The zero-order valence-corrected chi connectivity index (χ0v) is 15.1. The molecule has 0 aliphatic heterocycles. The van der Waals surface area contributed by atoms with E-state index in [0.717, 1.165) is 0 Å². The van der Waals surface area contributed by atoms with Crippen molar-refractivity contribution >= 4 is 28.1 Å². The van der Waals surface area contributed by atoms with E-state index in [0.29, 0.717) is 22.1 Å². The molecule has 23 heavy (non-hydrogen) atoms. The number of aldehydes is 1. The van der Waals surface area contributed by atoms with Crippen molar-refractivity contribution in [2.24, 2.45) is 5.92 Å². The fraction of sp³-hybridized carbons (Fsp3) is 0.438. The van der Waals surface area contributed by atoms with Crippen LogP contribution < -0.4 is 14.8 Å². The maximum atomic E-state index is 12.0. The average Bonchev–Trinajstić information content (AvgIpc) is 2.52. The highest BCUT2D eigenvalue weighted by Crippen LogP contribution is 2.32. The first-order valence-corrected chi connectivity index (χ1v) is 7.74. The molecule has 0 saturated carbocycles. The Bertz CT molecular complexity index is 640. The van der Waals surface area contributed by atoms with E-state index in [1.54, 1.807) is 13.0 Å². The maximum Gasteiger partial charge on any atom is 0.259 e. The van der Waals surface area contributed by atoms with Crippen LogP contribution in [0.4, 0.5) is 0 Å². The van der Waals surface area contributed by atoms with E-state index in [9.17, 15) is 14.9 Å². The summed E-state index contributed by atoms with van der Waals surface area (Å²) in [5.74, 6) is 0.180. The highest BCUT2D eigenvalue weighted by molar-refractivity contribution is 9.10. The van der Waals surface area contributed by atoms with Crippen LogP contribution in [0.5, 0.6) is 11.5 Å². The van der Waals surface area contributed by atoms with Crippen molar-refractivity contribution in [1.82, 2.24) is 5.32 Å². The van der Waals surface area contributed by atoms with Crippen LogP contribution in [0, 0.1) is 17.2 Å². The molecular weight excluding hydrogens is 364 g/mol. The lowest BCUT2D eigenvalue weighted by atomic mass is 9.90. The van der Waals surface area contributed by atoms with Crippen LogP contribution in [0.1, 0.15) is 31.1 Å². The molecule has 6 nitrogen and oxygen atoms in total. The molecule has 0 fully saturated rings. The van der Waals surface area contributed by atoms with Gasteiger partial charge < -0.3 is 14.8 Å². The molecule has 0 bridgehead atoms. The van der Waals surface area contributed by atoms with Crippen LogP contribution in [-0.4, -0.2) is 31.4 Å². The van der Waals surface area contributed by atoms with E-state index in [1.807, 2.05) is 13.8 Å². The van der Waals surface area contributed by atoms with Gasteiger partial charge in [0.25, 0.3) is 5.91 Å². The zero-order chi connectivity index (χ0) is 17.6. The minimum atomic E-state index is -0.974. The molecule has 1 amide bonds. The standard InChI is InChI=1S/C16H19BrN2O4/c1-10(2)16(3,9-18)19-15(21)8-23-14-5-11(7-20)12(17)6-13(14)22-4/h5-7,10H,8H2,1-4H3,(H,19,21)/t16-/m0/s1. The first kappa shape index (κ1) is 19.0. The normalized spacial score (nSPS) is 12.9. The van der Waals surface area contributed by atoms with Gasteiger partial charge in [-0.25, -0.2) is 0 Å². The second kappa shape index (κ2) is 7.97. The SMILES string of the molecule is COc1cc(Br)c(C=O)cc1OCC(=O)N[C@@](C)(C#N)C(C)C. The minimum absolute atomic E-state index is 0.0552. The summed E-state index contributed by atoms with van der Waals surface area (Å²) in [7, 11) is 1.46. The quantitative estimate of drug-likeness (QED) is 0.732. The molecular formula is C16H19BrN2O4. The van der Waals surface area contributed by atoms with Crippen molar-refractivity contribution in [2.45, 2.75) is 26.3 Å². The average molecular weight is 383 g/mol. The second-order valence-electron chi connectivity index (χ2n) is 5.45. The number of nitrogens with one attached hydrogen (secondary N) is 1. The van der Waals surface area contributed by atoms with Gasteiger partial charge in [-0.1, -0.05) is 13.8 Å². The Morgan fingerprint density at radius 3 is 2.61 bits per heavy atom. The van der Waals surface area contributed by atoms with Crippen molar-refractivity contribution in [3.05, 3.63) is 22.2 Å². The van der Waals surface area contributed by atoms with Crippen LogP contribution in [0.2, 0.25) is 0 Å². The molecule has 1 aromatic carbocycles. The summed E-state index contributed by atoms with van der Waals surface area (Å²) in [6.07, 6.45) is 0.669. The molecule has 0 spiro atoms. The fourth-order valence-corrected chi connectivity index (χ4v) is 2.10. The Morgan fingerprint density at radius 2 is 2.13 bits per heavy atom. The molecule has 0 saturated heterocycles. The first-order chi connectivity index (χ1) is 10.8. The van der Waals surface area contributed by atoms with Gasteiger partial charge in [0.2, 0.25) is 0 Å². The zero-order valence-electron chi connectivity index (χ0n) is 13.5. The molecule has 1 atom stereocenters. The number of carbonyl (C=O) groups is 2. The van der Waals surface area contributed by atoms with Crippen molar-refractivity contribution in [3.8, 4) is 17.6 Å². The fourth-order valence-electron chi connectivity index (χ4n) is 1.68. The lowest BCUT2D eigenvalue weighted by Gasteiger charge is -2.27. The number of carbonyl (C=O) groups excluding carboxylic acids is 2. The summed E-state index contributed by atoms with van der Waals surface area (Å²) in [5, 5.41) is 11.8. The van der Waals surface area contributed by atoms with E-state index in [1.165, 1.54) is 13.2 Å². The number of rotatable bonds is 7. The summed E-state index contributed by atoms with van der Waals surface area (Å²) in [6, 6.07) is 5.16. The summed E-state index contributed by atoms with van der Waals surface area (Å²) in [4.78, 5) is 23.0. The number of halogens is 1. The van der Waals surface area contributed by atoms with Gasteiger partial charge in [0.15, 0.2) is 24.4 Å². The third-order valence-corrected chi connectivity index (χ3v) is 4.24. The summed E-state index contributed by atoms with van der Waals surface area (Å²) < 4.78 is 11.2. The number of nitrogens with zero attached hydrogens (tertiary/aromatic N) is 1. The molecule has 1 aromatic rings. The Kier molecular flexibility index (Phi) is 6.58. The van der Waals surface area contributed by atoms with Crippen LogP contribution >= 0.6 is 15.9 Å². The summed E-state index contributed by atoms with van der Waals surface area (Å²) >= 11 is 3.25. The Labute approximate surface area is 143 Å². The van der Waals surface area contributed by atoms with E-state index in [2.05, 4.69) is 27.3 Å². The molecule has 0 aromatic heterocycles. The van der Waals surface area contributed by atoms with Crippen LogP contribution in [-0.2, 0) is 4.79 Å². The van der Waals surface area contributed by atoms with Crippen molar-refractivity contribution in [2.75, 3.05) is 13.7 Å². The Balaban J connectivity index is 2.84. The first-order valence-electron chi connectivity index (χ1n) is 6.95. The van der Waals surface area contributed by atoms with Crippen LogP contribution in [0.25, 0.3) is 0 Å². The highest BCUT2D eigenvalue weighted by atomic mass is 79.9. The van der Waals surface area contributed by atoms with Gasteiger partial charge in [0.1, 0.15) is 5.54 Å². The molecule has 1 N–H and O–H groups in total. The van der Waals surface area contributed by atoms with Crippen LogP contribution in [0.15, 0.2) is 16.6 Å². The van der Waals surface area contributed by atoms with Gasteiger partial charge in [-0.15, -0.1) is 0 Å². The predicted molar refractivity (Wildman–Crippen MR) is 88.6 cm³/mol. The summed E-state index contributed by atoms with van der Waals surface area (Å²) in [6.45, 7) is 5.05. The topological polar surface area (TPSA) is 88.4 Å². The van der Waals surface area contributed by atoms with E-state index in [-0.39, 0.29) is 18.3 Å². The molecule has 1 rings (SSSR count). The van der Waals surface area contributed by atoms with Gasteiger partial charge in [-0.05, 0) is 40.9 Å². The number of hydrogen-bond acceptors (Lipinski definition) is 5. The van der Waals surface area contributed by atoms with Gasteiger partial charge >= 0.3 is 0 Å². The largest absolute Gasteiger partial charge is 0.493 e. The number of methoxy groups -OCH3 is 1. The number of ether oxygens (including phenoxy) is 2. The van der Waals surface area contributed by atoms with E-state index in [4.69, 9.17) is 9.47 Å². The summed E-state index contributed by atoms with van der Waals surface area (Å²) in [5.41, 5.74) is -0.594. The Morgan fingerprint density at radius 1 is 1.48 bits per heavy atom. The van der Waals surface area contributed by atoms with E-state index < -0.39 is 11.4 Å². The number of benzene rings is 1. The van der Waals surface area contributed by atoms with Gasteiger partial charge in [-0.2, -0.15) is 5.26 Å². The van der Waals surface area contributed by atoms with Gasteiger partial charge in [-0.3, -0.25) is 9.59 Å². The maximum absolute atomic E-state index is 12.0. The Hall–Kier alpha value is -2.07. The highest BCUT2D eigenvalue weighted by Gasteiger charge is 2.30. The molecule has 0 heterocycles. The molecule has 124 valence electrons. The molecule has 0 radical (unpaired) electrons. The number of hydrogen-bond donors (Lipinski definition) is 1. The van der Waals surface area contributed by atoms with Crippen molar-refractivity contribution in [1.29, 1.82) is 5.26 Å². The second-order valence-corrected chi connectivity index (χ2v) is 6.30. The third kappa shape index (κ3) is 4.70. The number of nitriles is 1. The van der Waals surface area contributed by atoms with Gasteiger partial charge in [0.05, 0.1) is 13.2 Å². The monoisotopic (exact) mass is 382 g/mol. The van der Waals surface area contributed by atoms with Gasteiger partial charge in [0, 0.05) is 10.0 Å². The predicted octanol–water partition coefficient (Wildman–Crippen LogP) is 2.70. The molecule has 0 aliphatic rings. The lowest BCUT2D eigenvalue weighted by molar-refractivity contribution is -0.124. The van der Waals surface area contributed by atoms with Crippen molar-refractivity contribution < 1.29 is 19.1 Å². The molecule has 0 unspecified atom stereocenters. The van der Waals surface area contributed by atoms with Crippen molar-refractivity contribution in [3.63, 3.8) is 0 Å². The smallest absolute Gasteiger partial charge is 0.259 e. The molecule has 7 heteroatoms. The molecule has 0 aliphatic carbocycles. The van der Waals surface area contributed by atoms with E-state index >= 15 is 0 Å².